The minimum absolute atomic E-state index is 0.0112. The Bertz CT molecular complexity index is 1110. The highest BCUT2D eigenvalue weighted by Crippen LogP contribution is 2.35. The standard InChI is InChI=1S/C19H13NO6/c1-11(21)9-14(12-5-3-2-4-6-12)17-18(22)15-10-13(20(24)25)7-8-16(15)26-19(17)23/h2-10,22H,1H3/b14-9-. The summed E-state index contributed by atoms with van der Waals surface area (Å²) in [6, 6.07) is 12.1. The van der Waals surface area contributed by atoms with E-state index in [1.807, 2.05) is 0 Å². The molecule has 0 fully saturated rings. The lowest BCUT2D eigenvalue weighted by atomic mass is 9.96. The van der Waals surface area contributed by atoms with E-state index < -0.39 is 16.3 Å². The van der Waals surface area contributed by atoms with Crippen molar-refractivity contribution in [1.82, 2.24) is 0 Å². The summed E-state index contributed by atoms with van der Waals surface area (Å²) in [7, 11) is 0. The Kier molecular flexibility index (Phi) is 4.36. The Hall–Kier alpha value is -3.74. The summed E-state index contributed by atoms with van der Waals surface area (Å²) in [5.41, 5.74) is -0.617. The number of nitrogens with zero attached hydrogens (tertiary/aromatic N) is 1. The van der Waals surface area contributed by atoms with Gasteiger partial charge in [-0.1, -0.05) is 30.3 Å². The van der Waals surface area contributed by atoms with E-state index in [9.17, 15) is 24.8 Å². The number of carbonyl (C=O) groups excluding carboxylic acids is 1. The van der Waals surface area contributed by atoms with Crippen LogP contribution in [0.25, 0.3) is 16.5 Å². The highest BCUT2D eigenvalue weighted by molar-refractivity contribution is 6.01. The first-order chi connectivity index (χ1) is 12.4. The maximum Gasteiger partial charge on any atom is 0.348 e. The molecular formula is C19H13NO6. The second-order valence-corrected chi connectivity index (χ2v) is 5.59. The van der Waals surface area contributed by atoms with Gasteiger partial charge in [-0.15, -0.1) is 0 Å². The zero-order chi connectivity index (χ0) is 18.8. The van der Waals surface area contributed by atoms with Crippen LogP contribution in [0.3, 0.4) is 0 Å². The predicted octanol–water partition coefficient (Wildman–Crippen LogP) is 3.43. The van der Waals surface area contributed by atoms with Crippen LogP contribution in [0.1, 0.15) is 18.1 Å². The van der Waals surface area contributed by atoms with Gasteiger partial charge < -0.3 is 9.52 Å². The van der Waals surface area contributed by atoms with Crippen molar-refractivity contribution in [2.75, 3.05) is 0 Å². The number of nitro benzene ring substituents is 1. The first kappa shape index (κ1) is 17.1. The third-order valence-electron chi connectivity index (χ3n) is 3.77. The maximum absolute atomic E-state index is 12.5. The smallest absolute Gasteiger partial charge is 0.348 e. The predicted molar refractivity (Wildman–Crippen MR) is 95.0 cm³/mol. The van der Waals surface area contributed by atoms with Gasteiger partial charge in [0.1, 0.15) is 16.9 Å². The fraction of sp³-hybridized carbons (Fsp3) is 0.0526. The number of fused-ring (bicyclic) bond motifs is 1. The summed E-state index contributed by atoms with van der Waals surface area (Å²) >= 11 is 0. The number of hydrogen-bond acceptors (Lipinski definition) is 6. The van der Waals surface area contributed by atoms with Crippen LogP contribution in [0.15, 0.2) is 63.8 Å². The van der Waals surface area contributed by atoms with Crippen LogP contribution < -0.4 is 5.63 Å². The number of hydrogen-bond donors (Lipinski definition) is 1. The largest absolute Gasteiger partial charge is 0.506 e. The molecule has 0 saturated heterocycles. The van der Waals surface area contributed by atoms with E-state index in [0.29, 0.717) is 5.56 Å². The summed E-state index contributed by atoms with van der Waals surface area (Å²) in [6.07, 6.45) is 1.21. The molecule has 1 aromatic heterocycles. The van der Waals surface area contributed by atoms with Gasteiger partial charge in [-0.2, -0.15) is 0 Å². The van der Waals surface area contributed by atoms with Gasteiger partial charge in [0.05, 0.1) is 10.3 Å². The normalized spacial score (nSPS) is 11.5. The number of ketones is 1. The van der Waals surface area contributed by atoms with Crippen LogP contribution in [-0.4, -0.2) is 15.8 Å². The van der Waals surface area contributed by atoms with Crippen molar-refractivity contribution in [2.45, 2.75) is 6.92 Å². The zero-order valence-electron chi connectivity index (χ0n) is 13.6. The average molecular weight is 351 g/mol. The Morgan fingerprint density at radius 3 is 2.50 bits per heavy atom. The van der Waals surface area contributed by atoms with Crippen molar-refractivity contribution in [2.24, 2.45) is 0 Å². The van der Waals surface area contributed by atoms with Gasteiger partial charge in [-0.3, -0.25) is 14.9 Å². The van der Waals surface area contributed by atoms with Crippen molar-refractivity contribution >= 4 is 28.0 Å². The molecule has 0 aliphatic heterocycles. The van der Waals surface area contributed by atoms with Gasteiger partial charge in [-0.25, -0.2) is 4.79 Å². The fourth-order valence-electron chi connectivity index (χ4n) is 2.65. The Morgan fingerprint density at radius 1 is 1.19 bits per heavy atom. The summed E-state index contributed by atoms with van der Waals surface area (Å²) < 4.78 is 5.20. The van der Waals surface area contributed by atoms with Crippen LogP contribution in [0.4, 0.5) is 5.69 Å². The number of nitro groups is 1. The molecule has 0 aliphatic rings. The summed E-state index contributed by atoms with van der Waals surface area (Å²) in [6.45, 7) is 1.31. The third kappa shape index (κ3) is 3.10. The molecule has 1 N–H and O–H groups in total. The Balaban J connectivity index is 2.36. The van der Waals surface area contributed by atoms with Crippen LogP contribution in [0.5, 0.6) is 5.75 Å². The molecule has 3 rings (SSSR count). The number of aromatic hydroxyl groups is 1. The van der Waals surface area contributed by atoms with E-state index in [-0.39, 0.29) is 33.6 Å². The van der Waals surface area contributed by atoms with E-state index in [4.69, 9.17) is 4.42 Å². The summed E-state index contributed by atoms with van der Waals surface area (Å²) in [4.78, 5) is 34.5. The zero-order valence-corrected chi connectivity index (χ0v) is 13.6. The molecule has 0 bridgehead atoms. The molecule has 130 valence electrons. The number of carbonyl (C=O) groups is 1. The van der Waals surface area contributed by atoms with Crippen molar-refractivity contribution in [3.05, 3.63) is 86.3 Å². The SMILES string of the molecule is CC(=O)/C=C(/c1ccccc1)c1c(O)c2cc([N+](=O)[O-])ccc2oc1=O. The minimum atomic E-state index is -0.847. The van der Waals surface area contributed by atoms with E-state index in [0.717, 1.165) is 6.07 Å². The molecular weight excluding hydrogens is 338 g/mol. The lowest BCUT2D eigenvalue weighted by Crippen LogP contribution is -2.09. The number of rotatable bonds is 4. The van der Waals surface area contributed by atoms with Crippen LogP contribution >= 0.6 is 0 Å². The van der Waals surface area contributed by atoms with Gasteiger partial charge >= 0.3 is 5.63 Å². The first-order valence-corrected chi connectivity index (χ1v) is 7.60. The molecule has 3 aromatic rings. The maximum atomic E-state index is 12.5. The third-order valence-corrected chi connectivity index (χ3v) is 3.77. The van der Waals surface area contributed by atoms with Gasteiger partial charge in [0.2, 0.25) is 0 Å². The van der Waals surface area contributed by atoms with E-state index in [2.05, 4.69) is 0 Å². The van der Waals surface area contributed by atoms with Gasteiger partial charge in [-0.05, 0) is 24.6 Å². The number of allylic oxidation sites excluding steroid dienone is 1. The van der Waals surface area contributed by atoms with Crippen LogP contribution in [-0.2, 0) is 4.79 Å². The molecule has 0 aliphatic carbocycles. The van der Waals surface area contributed by atoms with Crippen LogP contribution in [0, 0.1) is 10.1 Å². The molecule has 0 spiro atoms. The minimum Gasteiger partial charge on any atom is -0.506 e. The second-order valence-electron chi connectivity index (χ2n) is 5.59. The Labute approximate surface area is 147 Å². The molecule has 7 nitrogen and oxygen atoms in total. The molecule has 0 radical (unpaired) electrons. The molecule has 0 unspecified atom stereocenters. The molecule has 0 amide bonds. The highest BCUT2D eigenvalue weighted by atomic mass is 16.6. The van der Waals surface area contributed by atoms with E-state index in [1.54, 1.807) is 30.3 Å². The highest BCUT2D eigenvalue weighted by Gasteiger charge is 2.21. The van der Waals surface area contributed by atoms with Gasteiger partial charge in [0, 0.05) is 17.7 Å². The van der Waals surface area contributed by atoms with Crippen molar-refractivity contribution in [1.29, 1.82) is 0 Å². The second kappa shape index (κ2) is 6.64. The quantitative estimate of drug-likeness (QED) is 0.334. The molecule has 26 heavy (non-hydrogen) atoms. The summed E-state index contributed by atoms with van der Waals surface area (Å²) in [5, 5.41) is 21.6. The van der Waals surface area contributed by atoms with Gasteiger partial charge in [0.25, 0.3) is 5.69 Å². The molecule has 0 atom stereocenters. The topological polar surface area (TPSA) is 111 Å². The number of benzene rings is 2. The monoisotopic (exact) mass is 351 g/mol. The van der Waals surface area contributed by atoms with Gasteiger partial charge in [0.15, 0.2) is 5.78 Å². The first-order valence-electron chi connectivity index (χ1n) is 7.60. The lowest BCUT2D eigenvalue weighted by molar-refractivity contribution is -0.384. The molecule has 2 aromatic carbocycles. The van der Waals surface area contributed by atoms with Crippen molar-refractivity contribution < 1.29 is 19.2 Å². The van der Waals surface area contributed by atoms with Crippen molar-refractivity contribution in [3.63, 3.8) is 0 Å². The Morgan fingerprint density at radius 2 is 1.88 bits per heavy atom. The molecule has 0 saturated carbocycles. The lowest BCUT2D eigenvalue weighted by Gasteiger charge is -2.10. The molecule has 1 heterocycles. The van der Waals surface area contributed by atoms with Crippen LogP contribution in [0.2, 0.25) is 0 Å². The van der Waals surface area contributed by atoms with Crippen molar-refractivity contribution in [3.8, 4) is 5.75 Å². The van der Waals surface area contributed by atoms with E-state index >= 15 is 0 Å². The average Bonchev–Trinajstić information content (AvgIpc) is 2.61. The fourth-order valence-corrected chi connectivity index (χ4v) is 2.65. The number of non-ortho nitro benzene ring substituents is 1. The summed E-state index contributed by atoms with van der Waals surface area (Å²) in [5.74, 6) is -0.807. The molecule has 7 heteroatoms. The van der Waals surface area contributed by atoms with E-state index in [1.165, 1.54) is 25.1 Å².